The van der Waals surface area contributed by atoms with E-state index in [2.05, 4.69) is 52.3 Å². The van der Waals surface area contributed by atoms with Crippen molar-refractivity contribution in [2.45, 2.75) is 18.8 Å². The highest BCUT2D eigenvalue weighted by Gasteiger charge is 2.23. The molecule has 1 heterocycles. The van der Waals surface area contributed by atoms with Gasteiger partial charge in [-0.3, -0.25) is 0 Å². The summed E-state index contributed by atoms with van der Waals surface area (Å²) in [4.78, 5) is 0. The van der Waals surface area contributed by atoms with Crippen LogP contribution in [-0.4, -0.2) is 29.4 Å². The van der Waals surface area contributed by atoms with Crippen molar-refractivity contribution in [1.29, 1.82) is 0 Å². The van der Waals surface area contributed by atoms with Crippen molar-refractivity contribution < 1.29 is 9.84 Å². The fraction of sp³-hybridized carbons (Fsp3) is 0.200. The Balaban J connectivity index is 0.00000256. The molecular weight excluding hydrogens is 392 g/mol. The Kier molecular flexibility index (Phi) is 7.57. The van der Waals surface area contributed by atoms with Gasteiger partial charge in [0.1, 0.15) is 12.4 Å². The molecule has 3 aromatic carbocycles. The summed E-state index contributed by atoms with van der Waals surface area (Å²) < 4.78 is 8.17. The van der Waals surface area contributed by atoms with Gasteiger partial charge in [0.15, 0.2) is 0 Å². The Labute approximate surface area is 184 Å². The second-order valence-electron chi connectivity index (χ2n) is 7.20. The maximum atomic E-state index is 10.9. The molecule has 0 amide bonds. The number of nitrogens with zero attached hydrogens (tertiary/aromatic N) is 1. The molecule has 0 saturated heterocycles. The van der Waals surface area contributed by atoms with E-state index in [1.165, 1.54) is 0 Å². The van der Waals surface area contributed by atoms with Gasteiger partial charge in [-0.1, -0.05) is 60.7 Å². The summed E-state index contributed by atoms with van der Waals surface area (Å²) >= 11 is 0. The standard InChI is InChI=1S/C25H26N2O2.H2S/c1-26-17-24(28)25(21-10-6-3-7-11-21)27-15-14-20-12-13-22(16-23(20)27)29-18-19-8-4-2-5-9-19;/h2-16,24-26,28H,17-18H2,1H3;1H2/t24-,25+;/m1./s1. The molecule has 0 radical (unpaired) electrons. The summed E-state index contributed by atoms with van der Waals surface area (Å²) in [5.41, 5.74) is 3.25. The van der Waals surface area contributed by atoms with Crippen LogP contribution in [0.4, 0.5) is 0 Å². The smallest absolute Gasteiger partial charge is 0.121 e. The highest BCUT2D eigenvalue weighted by atomic mass is 32.1. The van der Waals surface area contributed by atoms with Crippen LogP contribution >= 0.6 is 13.5 Å². The van der Waals surface area contributed by atoms with E-state index in [0.29, 0.717) is 13.2 Å². The van der Waals surface area contributed by atoms with E-state index in [-0.39, 0.29) is 19.5 Å². The van der Waals surface area contributed by atoms with Gasteiger partial charge in [-0.05, 0) is 41.8 Å². The van der Waals surface area contributed by atoms with Crippen molar-refractivity contribution in [3.05, 3.63) is 102 Å². The average Bonchev–Trinajstić information content (AvgIpc) is 3.17. The van der Waals surface area contributed by atoms with Crippen LogP contribution < -0.4 is 10.1 Å². The van der Waals surface area contributed by atoms with Gasteiger partial charge in [0.2, 0.25) is 0 Å². The summed E-state index contributed by atoms with van der Waals surface area (Å²) in [7, 11) is 1.86. The molecule has 30 heavy (non-hydrogen) atoms. The largest absolute Gasteiger partial charge is 0.489 e. The Hall–Kier alpha value is -2.73. The van der Waals surface area contributed by atoms with Crippen molar-refractivity contribution in [3.63, 3.8) is 0 Å². The summed E-state index contributed by atoms with van der Waals surface area (Å²) in [6.07, 6.45) is 1.48. The molecule has 0 aliphatic rings. The topological polar surface area (TPSA) is 46.4 Å². The molecule has 2 N–H and O–H groups in total. The van der Waals surface area contributed by atoms with Gasteiger partial charge in [0, 0.05) is 18.8 Å². The molecule has 5 heteroatoms. The first kappa shape index (κ1) is 22.0. The zero-order valence-corrected chi connectivity index (χ0v) is 18.0. The molecule has 4 nitrogen and oxygen atoms in total. The van der Waals surface area contributed by atoms with Crippen molar-refractivity contribution in [3.8, 4) is 5.75 Å². The van der Waals surface area contributed by atoms with Gasteiger partial charge in [-0.15, -0.1) is 0 Å². The lowest BCUT2D eigenvalue weighted by atomic mass is 10.0. The summed E-state index contributed by atoms with van der Waals surface area (Å²) in [6.45, 7) is 1.03. The number of fused-ring (bicyclic) bond motifs is 1. The maximum absolute atomic E-state index is 10.9. The van der Waals surface area contributed by atoms with Crippen molar-refractivity contribution in [2.75, 3.05) is 13.6 Å². The average molecular weight is 421 g/mol. The molecule has 0 saturated carbocycles. The fourth-order valence-corrected chi connectivity index (χ4v) is 3.74. The van der Waals surface area contributed by atoms with Crippen molar-refractivity contribution in [2.24, 2.45) is 0 Å². The fourth-order valence-electron chi connectivity index (χ4n) is 3.74. The van der Waals surface area contributed by atoms with Crippen LogP contribution in [-0.2, 0) is 6.61 Å². The van der Waals surface area contributed by atoms with Crippen LogP contribution in [0.3, 0.4) is 0 Å². The normalized spacial score (nSPS) is 12.9. The number of hydrogen-bond acceptors (Lipinski definition) is 3. The summed E-state index contributed by atoms with van der Waals surface area (Å²) in [5.74, 6) is 0.816. The molecular formula is C25H28N2O2S. The number of aromatic nitrogens is 1. The minimum atomic E-state index is -0.563. The number of ether oxygens (including phenoxy) is 1. The van der Waals surface area contributed by atoms with Crippen LogP contribution in [0.25, 0.3) is 10.9 Å². The number of aliphatic hydroxyl groups is 1. The Morgan fingerprint density at radius 3 is 2.33 bits per heavy atom. The van der Waals surface area contributed by atoms with Crippen LogP contribution in [0.2, 0.25) is 0 Å². The predicted octanol–water partition coefficient (Wildman–Crippen LogP) is 4.50. The maximum Gasteiger partial charge on any atom is 0.121 e. The summed E-state index contributed by atoms with van der Waals surface area (Å²) in [6, 6.07) is 28.3. The monoisotopic (exact) mass is 420 g/mol. The van der Waals surface area contributed by atoms with E-state index in [4.69, 9.17) is 4.74 Å². The van der Waals surface area contributed by atoms with Gasteiger partial charge in [-0.2, -0.15) is 13.5 Å². The minimum absolute atomic E-state index is 0. The van der Waals surface area contributed by atoms with E-state index < -0.39 is 6.10 Å². The zero-order chi connectivity index (χ0) is 20.1. The minimum Gasteiger partial charge on any atom is -0.489 e. The van der Waals surface area contributed by atoms with Crippen LogP contribution in [0.15, 0.2) is 91.1 Å². The number of hydrogen-bond donors (Lipinski definition) is 2. The number of likely N-dealkylation sites (N-methyl/N-ethyl adjacent to an activating group) is 1. The first-order valence-electron chi connectivity index (χ1n) is 9.91. The lowest BCUT2D eigenvalue weighted by Gasteiger charge is -2.26. The third kappa shape index (κ3) is 4.87. The number of aliphatic hydroxyl groups excluding tert-OH is 1. The predicted molar refractivity (Wildman–Crippen MR) is 128 cm³/mol. The van der Waals surface area contributed by atoms with Gasteiger partial charge in [0.05, 0.1) is 17.7 Å². The van der Waals surface area contributed by atoms with Crippen LogP contribution in [0.5, 0.6) is 5.75 Å². The van der Waals surface area contributed by atoms with E-state index >= 15 is 0 Å². The molecule has 0 aliphatic heterocycles. The molecule has 2 atom stereocenters. The molecule has 4 rings (SSSR count). The van der Waals surface area contributed by atoms with E-state index in [1.807, 2.05) is 55.7 Å². The second kappa shape index (κ2) is 10.3. The van der Waals surface area contributed by atoms with Crippen LogP contribution in [0.1, 0.15) is 17.2 Å². The van der Waals surface area contributed by atoms with E-state index in [1.54, 1.807) is 0 Å². The number of nitrogens with one attached hydrogen (secondary N) is 1. The zero-order valence-electron chi connectivity index (χ0n) is 17.0. The van der Waals surface area contributed by atoms with Gasteiger partial charge in [0.25, 0.3) is 0 Å². The highest BCUT2D eigenvalue weighted by molar-refractivity contribution is 7.59. The highest BCUT2D eigenvalue weighted by Crippen LogP contribution is 2.30. The van der Waals surface area contributed by atoms with Gasteiger partial charge < -0.3 is 19.7 Å². The van der Waals surface area contributed by atoms with E-state index in [0.717, 1.165) is 27.8 Å². The molecule has 0 bridgehead atoms. The number of rotatable bonds is 8. The SMILES string of the molecule is CNC[C@@H](O)[C@H](c1ccccc1)n1ccc2ccc(OCc3ccccc3)cc21.S. The molecule has 156 valence electrons. The third-order valence-electron chi connectivity index (χ3n) is 5.16. The molecule has 0 spiro atoms. The lowest BCUT2D eigenvalue weighted by molar-refractivity contribution is 0.132. The first-order valence-corrected chi connectivity index (χ1v) is 9.91. The molecule has 0 fully saturated rings. The molecule has 4 aromatic rings. The van der Waals surface area contributed by atoms with Gasteiger partial charge >= 0.3 is 0 Å². The van der Waals surface area contributed by atoms with Gasteiger partial charge in [-0.25, -0.2) is 0 Å². The molecule has 0 aliphatic carbocycles. The van der Waals surface area contributed by atoms with Crippen molar-refractivity contribution in [1.82, 2.24) is 9.88 Å². The first-order chi connectivity index (χ1) is 14.3. The Morgan fingerprint density at radius 2 is 1.63 bits per heavy atom. The van der Waals surface area contributed by atoms with Crippen molar-refractivity contribution >= 4 is 24.4 Å². The van der Waals surface area contributed by atoms with Crippen LogP contribution in [0, 0.1) is 0 Å². The summed E-state index contributed by atoms with van der Waals surface area (Å²) in [5, 5.41) is 15.1. The molecule has 0 unspecified atom stereocenters. The Morgan fingerprint density at radius 1 is 0.933 bits per heavy atom. The third-order valence-corrected chi connectivity index (χ3v) is 5.16. The number of benzene rings is 3. The van der Waals surface area contributed by atoms with E-state index in [9.17, 15) is 5.11 Å². The lowest BCUT2D eigenvalue weighted by Crippen LogP contribution is -2.33. The second-order valence-corrected chi connectivity index (χ2v) is 7.20. The molecule has 1 aromatic heterocycles. The Bertz CT molecular complexity index is 1050. The quantitative estimate of drug-likeness (QED) is 0.441.